The molecule has 0 radical (unpaired) electrons. The molecule has 0 unspecified atom stereocenters. The van der Waals surface area contributed by atoms with Crippen LogP contribution in [0, 0.1) is 11.8 Å². The number of ether oxygens (including phenoxy) is 1. The normalized spacial score (nSPS) is 29.0. The van der Waals surface area contributed by atoms with Crippen LogP contribution < -0.4 is 10.2 Å². The summed E-state index contributed by atoms with van der Waals surface area (Å²) in [5.74, 6) is 1.89. The zero-order chi connectivity index (χ0) is 15.8. The number of hydrogen-bond acceptors (Lipinski definition) is 6. The van der Waals surface area contributed by atoms with Gasteiger partial charge in [-0.25, -0.2) is 0 Å². The second-order valence-electron chi connectivity index (χ2n) is 6.61. The molecule has 23 heavy (non-hydrogen) atoms. The quantitative estimate of drug-likeness (QED) is 0.913. The van der Waals surface area contributed by atoms with Gasteiger partial charge in [0.05, 0.1) is 6.10 Å². The Morgan fingerprint density at radius 1 is 1.30 bits per heavy atom. The second kappa shape index (κ2) is 6.09. The van der Waals surface area contributed by atoms with Crippen molar-refractivity contribution >= 4 is 22.6 Å². The lowest BCUT2D eigenvalue weighted by molar-refractivity contribution is -0.0363. The van der Waals surface area contributed by atoms with Gasteiger partial charge >= 0.3 is 0 Å². The molecular formula is C17H22N4OS. The first-order valence-corrected chi connectivity index (χ1v) is 8.93. The zero-order valence-corrected chi connectivity index (χ0v) is 14.3. The molecule has 1 N–H and O–H groups in total. The SMILES string of the molecule is CN(C)c1nsc(N[C@@H]2[C@@H](Cc3ccccc3)[C@H]3OCC[C@@H]23)n1. The third-order valence-electron chi connectivity index (χ3n) is 4.95. The van der Waals surface area contributed by atoms with Gasteiger partial charge in [0, 0.05) is 50.1 Å². The Labute approximate surface area is 140 Å². The lowest BCUT2D eigenvalue weighted by Crippen LogP contribution is -2.57. The van der Waals surface area contributed by atoms with Crippen molar-refractivity contribution in [2.24, 2.45) is 11.8 Å². The fourth-order valence-electron chi connectivity index (χ4n) is 3.77. The van der Waals surface area contributed by atoms with Crippen LogP contribution >= 0.6 is 11.5 Å². The van der Waals surface area contributed by atoms with Crippen molar-refractivity contribution in [1.29, 1.82) is 0 Å². The van der Waals surface area contributed by atoms with E-state index in [2.05, 4.69) is 45.0 Å². The Hall–Kier alpha value is -1.66. The molecule has 5 nitrogen and oxygen atoms in total. The van der Waals surface area contributed by atoms with Crippen molar-refractivity contribution in [2.45, 2.75) is 25.0 Å². The molecule has 2 fully saturated rings. The molecule has 1 aromatic heterocycles. The maximum Gasteiger partial charge on any atom is 0.238 e. The van der Waals surface area contributed by atoms with E-state index < -0.39 is 0 Å². The van der Waals surface area contributed by atoms with Crippen LogP contribution in [0.1, 0.15) is 12.0 Å². The molecule has 1 aromatic carbocycles. The van der Waals surface area contributed by atoms with Crippen LogP contribution in [-0.2, 0) is 11.2 Å². The van der Waals surface area contributed by atoms with E-state index in [1.54, 1.807) is 0 Å². The molecule has 1 saturated carbocycles. The van der Waals surface area contributed by atoms with Crippen molar-refractivity contribution in [3.63, 3.8) is 0 Å². The van der Waals surface area contributed by atoms with Crippen LogP contribution in [0.25, 0.3) is 0 Å². The Bertz CT molecular complexity index is 660. The Kier molecular flexibility index (Phi) is 3.95. The second-order valence-corrected chi connectivity index (χ2v) is 7.36. The number of nitrogens with zero attached hydrogens (tertiary/aromatic N) is 3. The van der Waals surface area contributed by atoms with Crippen molar-refractivity contribution in [2.75, 3.05) is 30.9 Å². The number of rotatable bonds is 5. The van der Waals surface area contributed by atoms with Gasteiger partial charge in [-0.15, -0.1) is 0 Å². The number of fused-ring (bicyclic) bond motifs is 1. The highest BCUT2D eigenvalue weighted by Gasteiger charge is 2.53. The van der Waals surface area contributed by atoms with E-state index in [0.717, 1.165) is 30.5 Å². The fraction of sp³-hybridized carbons (Fsp3) is 0.529. The number of benzene rings is 1. The number of hydrogen-bond donors (Lipinski definition) is 1. The van der Waals surface area contributed by atoms with E-state index in [1.165, 1.54) is 17.1 Å². The summed E-state index contributed by atoms with van der Waals surface area (Å²) in [5.41, 5.74) is 1.38. The van der Waals surface area contributed by atoms with Crippen molar-refractivity contribution in [1.82, 2.24) is 9.36 Å². The standard InChI is InChI=1S/C17H22N4OS/c1-21(2)16-19-17(23-20-16)18-14-12-8-9-22-15(12)13(14)10-11-6-4-3-5-7-11/h3-7,12-15H,8-10H2,1-2H3,(H,18,19,20)/t12-,13+,14-,15-/m0/s1. The van der Waals surface area contributed by atoms with E-state index in [-0.39, 0.29) is 0 Å². The highest BCUT2D eigenvalue weighted by atomic mass is 32.1. The average Bonchev–Trinajstić information content (AvgIpc) is 3.19. The number of anilines is 2. The molecule has 122 valence electrons. The summed E-state index contributed by atoms with van der Waals surface area (Å²) in [7, 11) is 3.93. The van der Waals surface area contributed by atoms with Gasteiger partial charge in [-0.3, -0.25) is 0 Å². The minimum atomic E-state index is 0.397. The predicted octanol–water partition coefficient (Wildman–Crippen LogP) is 2.66. The smallest absolute Gasteiger partial charge is 0.238 e. The first kappa shape index (κ1) is 14.9. The topological polar surface area (TPSA) is 50.3 Å². The highest BCUT2D eigenvalue weighted by Crippen LogP contribution is 2.46. The van der Waals surface area contributed by atoms with Crippen LogP contribution in [-0.4, -0.2) is 42.2 Å². The Morgan fingerprint density at radius 2 is 2.13 bits per heavy atom. The first-order valence-electron chi connectivity index (χ1n) is 8.15. The van der Waals surface area contributed by atoms with Gasteiger partial charge in [0.15, 0.2) is 0 Å². The Morgan fingerprint density at radius 3 is 2.87 bits per heavy atom. The zero-order valence-electron chi connectivity index (χ0n) is 13.5. The van der Waals surface area contributed by atoms with E-state index in [9.17, 15) is 0 Å². The molecule has 1 aliphatic heterocycles. The summed E-state index contributed by atoms with van der Waals surface area (Å²) < 4.78 is 10.4. The molecule has 4 atom stereocenters. The minimum Gasteiger partial charge on any atom is -0.377 e. The van der Waals surface area contributed by atoms with E-state index >= 15 is 0 Å². The maximum absolute atomic E-state index is 5.97. The summed E-state index contributed by atoms with van der Waals surface area (Å²) in [6.07, 6.45) is 2.60. The summed E-state index contributed by atoms with van der Waals surface area (Å²) in [4.78, 5) is 6.50. The number of aromatic nitrogens is 2. The third kappa shape index (κ3) is 2.81. The molecule has 1 saturated heterocycles. The van der Waals surface area contributed by atoms with Gasteiger partial charge in [-0.05, 0) is 18.4 Å². The van der Waals surface area contributed by atoms with Gasteiger partial charge in [0.2, 0.25) is 11.1 Å². The largest absolute Gasteiger partial charge is 0.377 e. The monoisotopic (exact) mass is 330 g/mol. The number of nitrogens with one attached hydrogen (secondary N) is 1. The predicted molar refractivity (Wildman–Crippen MR) is 93.1 cm³/mol. The van der Waals surface area contributed by atoms with E-state index in [1.807, 2.05) is 19.0 Å². The van der Waals surface area contributed by atoms with Gasteiger partial charge < -0.3 is 15.0 Å². The first-order chi connectivity index (χ1) is 11.2. The molecule has 2 heterocycles. The summed E-state index contributed by atoms with van der Waals surface area (Å²) in [6.45, 7) is 0.887. The molecule has 0 spiro atoms. The van der Waals surface area contributed by atoms with Crippen molar-refractivity contribution < 1.29 is 4.74 Å². The molecule has 0 amide bonds. The van der Waals surface area contributed by atoms with Crippen LogP contribution in [0.2, 0.25) is 0 Å². The fourth-order valence-corrected chi connectivity index (χ4v) is 4.45. The molecule has 2 aromatic rings. The summed E-state index contributed by atoms with van der Waals surface area (Å²) in [6, 6.07) is 11.1. The van der Waals surface area contributed by atoms with Crippen LogP contribution in [0.15, 0.2) is 30.3 Å². The van der Waals surface area contributed by atoms with Crippen molar-refractivity contribution in [3.05, 3.63) is 35.9 Å². The van der Waals surface area contributed by atoms with E-state index in [4.69, 9.17) is 4.74 Å². The van der Waals surface area contributed by atoms with Crippen LogP contribution in [0.3, 0.4) is 0 Å². The molecule has 6 heteroatoms. The highest BCUT2D eigenvalue weighted by molar-refractivity contribution is 7.09. The molecule has 0 bridgehead atoms. The average molecular weight is 330 g/mol. The molecular weight excluding hydrogens is 308 g/mol. The van der Waals surface area contributed by atoms with Gasteiger partial charge in [0.1, 0.15) is 0 Å². The maximum atomic E-state index is 5.97. The summed E-state index contributed by atoms with van der Waals surface area (Å²) >= 11 is 1.44. The van der Waals surface area contributed by atoms with E-state index in [0.29, 0.717) is 24.0 Å². The van der Waals surface area contributed by atoms with Gasteiger partial charge in [-0.1, -0.05) is 30.3 Å². The Balaban J connectivity index is 1.48. The van der Waals surface area contributed by atoms with Crippen LogP contribution in [0.4, 0.5) is 11.1 Å². The molecule has 4 rings (SSSR count). The van der Waals surface area contributed by atoms with Gasteiger partial charge in [0.25, 0.3) is 0 Å². The van der Waals surface area contributed by atoms with Crippen molar-refractivity contribution in [3.8, 4) is 0 Å². The van der Waals surface area contributed by atoms with Crippen LogP contribution in [0.5, 0.6) is 0 Å². The summed E-state index contributed by atoms with van der Waals surface area (Å²) in [5, 5.41) is 4.55. The molecule has 1 aliphatic carbocycles. The van der Waals surface area contributed by atoms with Gasteiger partial charge in [-0.2, -0.15) is 9.36 Å². The third-order valence-corrected chi connectivity index (χ3v) is 5.58. The minimum absolute atomic E-state index is 0.397. The molecule has 2 aliphatic rings. The lowest BCUT2D eigenvalue weighted by Gasteiger charge is -2.48. The lowest BCUT2D eigenvalue weighted by atomic mass is 9.65.